The molecular weight excluding hydrogens is 262 g/mol. The Bertz CT molecular complexity index is 663. The molecule has 106 valence electrons. The summed E-state index contributed by atoms with van der Waals surface area (Å²) in [6.07, 6.45) is -0.297. The molecule has 0 aliphatic carbocycles. The van der Waals surface area contributed by atoms with Crippen molar-refractivity contribution in [1.29, 1.82) is 0 Å². The number of carbonyl (C=O) groups is 2. The van der Waals surface area contributed by atoms with Crippen LogP contribution >= 0.6 is 0 Å². The summed E-state index contributed by atoms with van der Waals surface area (Å²) in [6, 6.07) is 5.47. The van der Waals surface area contributed by atoms with Crippen LogP contribution in [0.4, 0.5) is 5.95 Å². The van der Waals surface area contributed by atoms with E-state index in [2.05, 4.69) is 10.3 Å². The van der Waals surface area contributed by atoms with Crippen molar-refractivity contribution in [2.24, 2.45) is 7.05 Å². The first kappa shape index (κ1) is 13.9. The fourth-order valence-corrected chi connectivity index (χ4v) is 1.87. The number of amides is 1. The molecule has 0 aliphatic heterocycles. The quantitative estimate of drug-likeness (QED) is 0.861. The zero-order valence-electron chi connectivity index (χ0n) is 11.2. The number of aromatic nitrogens is 2. The van der Waals surface area contributed by atoms with Crippen molar-refractivity contribution in [2.75, 3.05) is 12.4 Å². The maximum absolute atomic E-state index is 11.6. The van der Waals surface area contributed by atoms with Crippen molar-refractivity contribution in [3.8, 4) is 5.75 Å². The van der Waals surface area contributed by atoms with Crippen LogP contribution in [0.25, 0.3) is 11.0 Å². The predicted octanol–water partition coefficient (Wildman–Crippen LogP) is 1.39. The van der Waals surface area contributed by atoms with Crippen LogP contribution in [0.1, 0.15) is 12.8 Å². The molecule has 1 aromatic heterocycles. The van der Waals surface area contributed by atoms with Crippen molar-refractivity contribution in [1.82, 2.24) is 9.55 Å². The molecule has 2 aromatic rings. The van der Waals surface area contributed by atoms with E-state index in [0.29, 0.717) is 17.2 Å². The normalized spacial score (nSPS) is 10.5. The van der Waals surface area contributed by atoms with Crippen LogP contribution in [-0.4, -0.2) is 33.6 Å². The van der Waals surface area contributed by atoms with Gasteiger partial charge in [-0.25, -0.2) is 4.98 Å². The van der Waals surface area contributed by atoms with Gasteiger partial charge < -0.3 is 14.4 Å². The lowest BCUT2D eigenvalue weighted by Gasteiger charge is -2.03. The number of nitrogens with one attached hydrogen (secondary N) is 1. The average Bonchev–Trinajstić information content (AvgIpc) is 2.73. The van der Waals surface area contributed by atoms with Crippen LogP contribution in [0.5, 0.6) is 5.75 Å². The first-order valence-corrected chi connectivity index (χ1v) is 6.04. The number of carbonyl (C=O) groups excluding carboxylic acids is 1. The number of ether oxygens (including phenoxy) is 1. The molecule has 0 fully saturated rings. The molecule has 20 heavy (non-hydrogen) atoms. The van der Waals surface area contributed by atoms with Crippen LogP contribution in [0.15, 0.2) is 18.2 Å². The maximum Gasteiger partial charge on any atom is 0.303 e. The SMILES string of the molecule is COc1cccc2c1nc(NC(=O)CCC(=O)O)n2C. The van der Waals surface area contributed by atoms with E-state index in [0.717, 1.165) is 5.52 Å². The zero-order valence-corrected chi connectivity index (χ0v) is 11.2. The average molecular weight is 277 g/mol. The van der Waals surface area contributed by atoms with Gasteiger partial charge in [0.25, 0.3) is 0 Å². The number of benzene rings is 1. The van der Waals surface area contributed by atoms with Gasteiger partial charge in [0, 0.05) is 13.5 Å². The summed E-state index contributed by atoms with van der Waals surface area (Å²) in [7, 11) is 3.32. The summed E-state index contributed by atoms with van der Waals surface area (Å²) in [6.45, 7) is 0. The monoisotopic (exact) mass is 277 g/mol. The molecule has 0 spiro atoms. The third-order valence-corrected chi connectivity index (χ3v) is 2.91. The lowest BCUT2D eigenvalue weighted by Crippen LogP contribution is -2.15. The number of fused-ring (bicyclic) bond motifs is 1. The standard InChI is InChI=1S/C13H15N3O4/c1-16-8-4-3-5-9(20-2)12(8)15-13(16)14-10(17)6-7-11(18)19/h3-5H,6-7H2,1-2H3,(H,18,19)(H,14,15,17). The highest BCUT2D eigenvalue weighted by molar-refractivity contribution is 5.93. The fraction of sp³-hybridized carbons (Fsp3) is 0.308. The summed E-state index contributed by atoms with van der Waals surface area (Å²) >= 11 is 0. The molecule has 2 N–H and O–H groups in total. The third kappa shape index (κ3) is 2.71. The Labute approximate surface area is 115 Å². The molecule has 1 aromatic carbocycles. The number of methoxy groups -OCH3 is 1. The summed E-state index contributed by atoms with van der Waals surface area (Å²) in [4.78, 5) is 26.4. The molecule has 0 radical (unpaired) electrons. The van der Waals surface area contributed by atoms with Gasteiger partial charge in [0.2, 0.25) is 11.9 Å². The maximum atomic E-state index is 11.6. The van der Waals surface area contributed by atoms with E-state index in [1.54, 1.807) is 24.8 Å². The van der Waals surface area contributed by atoms with Crippen molar-refractivity contribution in [2.45, 2.75) is 12.8 Å². The number of hydrogen-bond donors (Lipinski definition) is 2. The third-order valence-electron chi connectivity index (χ3n) is 2.91. The van der Waals surface area contributed by atoms with Gasteiger partial charge in [0.1, 0.15) is 11.3 Å². The topological polar surface area (TPSA) is 93.4 Å². The van der Waals surface area contributed by atoms with Crippen LogP contribution < -0.4 is 10.1 Å². The van der Waals surface area contributed by atoms with Crippen molar-refractivity contribution in [3.05, 3.63) is 18.2 Å². The van der Waals surface area contributed by atoms with E-state index in [1.807, 2.05) is 12.1 Å². The van der Waals surface area contributed by atoms with Gasteiger partial charge >= 0.3 is 5.97 Å². The molecule has 1 amide bonds. The van der Waals surface area contributed by atoms with Gasteiger partial charge in [-0.1, -0.05) is 6.07 Å². The summed E-state index contributed by atoms with van der Waals surface area (Å²) in [5, 5.41) is 11.1. The highest BCUT2D eigenvalue weighted by atomic mass is 16.5. The van der Waals surface area contributed by atoms with Gasteiger partial charge in [0.05, 0.1) is 19.0 Å². The number of para-hydroxylation sites is 1. The molecule has 0 bridgehead atoms. The Hall–Kier alpha value is -2.57. The zero-order chi connectivity index (χ0) is 14.7. The van der Waals surface area contributed by atoms with E-state index < -0.39 is 5.97 Å². The number of imidazole rings is 1. The minimum atomic E-state index is -1.01. The Kier molecular flexibility index (Phi) is 3.88. The van der Waals surface area contributed by atoms with Gasteiger partial charge in [-0.05, 0) is 12.1 Å². The Morgan fingerprint density at radius 2 is 2.15 bits per heavy atom. The summed E-state index contributed by atoms with van der Waals surface area (Å²) < 4.78 is 6.93. The number of carboxylic acid groups (broad SMARTS) is 1. The Morgan fingerprint density at radius 3 is 2.80 bits per heavy atom. The largest absolute Gasteiger partial charge is 0.494 e. The molecule has 1 heterocycles. The van der Waals surface area contributed by atoms with E-state index in [1.165, 1.54) is 0 Å². The van der Waals surface area contributed by atoms with Gasteiger partial charge in [-0.15, -0.1) is 0 Å². The summed E-state index contributed by atoms with van der Waals surface area (Å²) in [5.41, 5.74) is 1.46. The van der Waals surface area contributed by atoms with Crippen LogP contribution in [-0.2, 0) is 16.6 Å². The highest BCUT2D eigenvalue weighted by Gasteiger charge is 2.14. The lowest BCUT2D eigenvalue weighted by molar-refractivity contribution is -0.138. The van der Waals surface area contributed by atoms with Crippen LogP contribution in [0, 0.1) is 0 Å². The van der Waals surface area contributed by atoms with Crippen molar-refractivity contribution in [3.63, 3.8) is 0 Å². The minimum Gasteiger partial charge on any atom is -0.494 e. The molecule has 0 unspecified atom stereocenters. The van der Waals surface area contributed by atoms with Gasteiger partial charge in [0.15, 0.2) is 0 Å². The number of nitrogens with zero attached hydrogens (tertiary/aromatic N) is 2. The predicted molar refractivity (Wildman–Crippen MR) is 72.8 cm³/mol. The second kappa shape index (κ2) is 5.60. The van der Waals surface area contributed by atoms with Gasteiger partial charge in [-0.3, -0.25) is 14.9 Å². The molecule has 7 nitrogen and oxygen atoms in total. The number of aliphatic carboxylic acids is 1. The molecule has 0 saturated heterocycles. The summed E-state index contributed by atoms with van der Waals surface area (Å²) in [5.74, 6) is -0.416. The number of hydrogen-bond acceptors (Lipinski definition) is 4. The lowest BCUT2D eigenvalue weighted by atomic mass is 10.3. The molecular formula is C13H15N3O4. The smallest absolute Gasteiger partial charge is 0.303 e. The minimum absolute atomic E-state index is 0.0876. The number of carboxylic acids is 1. The Morgan fingerprint density at radius 1 is 1.40 bits per heavy atom. The van der Waals surface area contributed by atoms with Crippen LogP contribution in [0.3, 0.4) is 0 Å². The fourth-order valence-electron chi connectivity index (χ4n) is 1.87. The molecule has 0 saturated carbocycles. The first-order chi connectivity index (χ1) is 9.52. The molecule has 2 rings (SSSR count). The second-order valence-corrected chi connectivity index (χ2v) is 4.26. The number of rotatable bonds is 5. The molecule has 0 aliphatic rings. The van der Waals surface area contributed by atoms with Crippen molar-refractivity contribution >= 4 is 28.9 Å². The van der Waals surface area contributed by atoms with Crippen LogP contribution in [0.2, 0.25) is 0 Å². The number of anilines is 1. The van der Waals surface area contributed by atoms with Crippen molar-refractivity contribution < 1.29 is 19.4 Å². The van der Waals surface area contributed by atoms with Gasteiger partial charge in [-0.2, -0.15) is 0 Å². The van der Waals surface area contributed by atoms with E-state index in [9.17, 15) is 9.59 Å². The van der Waals surface area contributed by atoms with E-state index in [4.69, 9.17) is 9.84 Å². The van der Waals surface area contributed by atoms with E-state index >= 15 is 0 Å². The highest BCUT2D eigenvalue weighted by Crippen LogP contribution is 2.26. The molecule has 7 heteroatoms. The number of aryl methyl sites for hydroxylation is 1. The first-order valence-electron chi connectivity index (χ1n) is 6.04. The van der Waals surface area contributed by atoms with E-state index in [-0.39, 0.29) is 18.7 Å². The Balaban J connectivity index is 2.25. The second-order valence-electron chi connectivity index (χ2n) is 4.26. The molecule has 0 atom stereocenters.